The summed E-state index contributed by atoms with van der Waals surface area (Å²) in [7, 11) is -1.05. The minimum atomic E-state index is -3.04. The maximum absolute atomic E-state index is 12.1. The summed E-state index contributed by atoms with van der Waals surface area (Å²) in [6.07, 6.45) is 5.11. The lowest BCUT2D eigenvalue weighted by Gasteiger charge is -2.36. The Kier molecular flexibility index (Phi) is 4.88. The van der Waals surface area contributed by atoms with Crippen LogP contribution >= 0.6 is 0 Å². The molecular formula is C18H25N3O2S. The van der Waals surface area contributed by atoms with Gasteiger partial charge in [-0.15, -0.1) is 0 Å². The maximum atomic E-state index is 12.1. The zero-order valence-corrected chi connectivity index (χ0v) is 15.4. The van der Waals surface area contributed by atoms with Gasteiger partial charge in [-0.1, -0.05) is 31.0 Å². The summed E-state index contributed by atoms with van der Waals surface area (Å²) in [6, 6.07) is 8.03. The molecule has 0 amide bonds. The first-order valence-electron chi connectivity index (χ1n) is 8.47. The van der Waals surface area contributed by atoms with Crippen LogP contribution in [0.2, 0.25) is 0 Å². The summed E-state index contributed by atoms with van der Waals surface area (Å²) < 4.78 is 24.2. The molecule has 0 bridgehead atoms. The van der Waals surface area contributed by atoms with Gasteiger partial charge in [0.1, 0.15) is 5.82 Å². The fourth-order valence-corrected chi connectivity index (χ4v) is 5.30. The first-order valence-corrected chi connectivity index (χ1v) is 10.4. The number of hydrogen-bond donors (Lipinski definition) is 0. The molecular weight excluding hydrogens is 322 g/mol. The zero-order chi connectivity index (χ0) is 17.3. The van der Waals surface area contributed by atoms with Crippen LogP contribution < -0.4 is 0 Å². The Morgan fingerprint density at radius 3 is 2.62 bits per heavy atom. The average Bonchev–Trinajstić information content (AvgIpc) is 2.54. The normalized spacial score (nSPS) is 22.2. The van der Waals surface area contributed by atoms with Crippen LogP contribution in [0.4, 0.5) is 0 Å². The Morgan fingerprint density at radius 1 is 1.17 bits per heavy atom. The van der Waals surface area contributed by atoms with Crippen molar-refractivity contribution in [2.24, 2.45) is 0 Å². The highest BCUT2D eigenvalue weighted by molar-refractivity contribution is 7.91. The fourth-order valence-electron chi connectivity index (χ4n) is 3.79. The van der Waals surface area contributed by atoms with Gasteiger partial charge in [0.2, 0.25) is 0 Å². The lowest BCUT2D eigenvalue weighted by molar-refractivity contribution is 0.183. The standard InChI is InChI=1S/C18H25N3O2S/c1-13-14-8-4-5-9-15(14)20-18(19-13)12-21(2)16-10-6-7-11-17(16)24(3,22)23/h4-5,8-9,16-17H,6-7,10-12H2,1-3H3/t16-,17-/m0/s1. The summed E-state index contributed by atoms with van der Waals surface area (Å²) in [5, 5.41) is 0.786. The Morgan fingerprint density at radius 2 is 1.88 bits per heavy atom. The summed E-state index contributed by atoms with van der Waals surface area (Å²) in [4.78, 5) is 11.4. The molecule has 24 heavy (non-hydrogen) atoms. The van der Waals surface area contributed by atoms with Gasteiger partial charge >= 0.3 is 0 Å². The van der Waals surface area contributed by atoms with Gasteiger partial charge in [-0.3, -0.25) is 4.90 Å². The predicted octanol–water partition coefficient (Wildman–Crippen LogP) is 2.73. The van der Waals surface area contributed by atoms with Crippen LogP contribution in [-0.2, 0) is 16.4 Å². The highest BCUT2D eigenvalue weighted by Gasteiger charge is 2.35. The molecule has 130 valence electrons. The molecule has 0 N–H and O–H groups in total. The van der Waals surface area contributed by atoms with E-state index < -0.39 is 9.84 Å². The second kappa shape index (κ2) is 6.76. The molecule has 0 saturated heterocycles. The predicted molar refractivity (Wildman–Crippen MR) is 96.6 cm³/mol. The molecule has 6 heteroatoms. The highest BCUT2D eigenvalue weighted by atomic mass is 32.2. The Labute approximate surface area is 144 Å². The molecule has 1 aromatic carbocycles. The van der Waals surface area contributed by atoms with Crippen LogP contribution in [0.15, 0.2) is 24.3 Å². The summed E-state index contributed by atoms with van der Waals surface area (Å²) in [6.45, 7) is 2.57. The third-order valence-electron chi connectivity index (χ3n) is 5.01. The first kappa shape index (κ1) is 17.3. The molecule has 1 fully saturated rings. The van der Waals surface area contributed by atoms with Gasteiger partial charge in [0.15, 0.2) is 9.84 Å². The average molecular weight is 347 g/mol. The number of rotatable bonds is 4. The molecule has 1 saturated carbocycles. The monoisotopic (exact) mass is 347 g/mol. The molecule has 2 aromatic rings. The minimum Gasteiger partial charge on any atom is -0.295 e. The largest absolute Gasteiger partial charge is 0.295 e. The summed E-state index contributed by atoms with van der Waals surface area (Å²) >= 11 is 0. The second-order valence-electron chi connectivity index (χ2n) is 6.88. The van der Waals surface area contributed by atoms with Crippen molar-refractivity contribution in [2.45, 2.75) is 50.4 Å². The summed E-state index contributed by atoms with van der Waals surface area (Å²) in [5.74, 6) is 0.756. The number of nitrogens with zero attached hydrogens (tertiary/aromatic N) is 3. The molecule has 1 aromatic heterocycles. The van der Waals surface area contributed by atoms with E-state index in [1.807, 2.05) is 38.2 Å². The van der Waals surface area contributed by atoms with E-state index in [9.17, 15) is 8.42 Å². The summed E-state index contributed by atoms with van der Waals surface area (Å²) in [5.41, 5.74) is 1.91. The third kappa shape index (κ3) is 3.59. The van der Waals surface area contributed by atoms with Crippen LogP contribution in [0.5, 0.6) is 0 Å². The number of sulfone groups is 1. The second-order valence-corrected chi connectivity index (χ2v) is 9.14. The van der Waals surface area contributed by atoms with Crippen LogP contribution in [0.25, 0.3) is 10.9 Å². The number of aromatic nitrogens is 2. The van der Waals surface area contributed by atoms with E-state index in [2.05, 4.69) is 14.9 Å². The molecule has 5 nitrogen and oxygen atoms in total. The zero-order valence-electron chi connectivity index (χ0n) is 14.6. The SMILES string of the molecule is Cc1nc(CN(C)[C@H]2CCCC[C@@H]2S(C)(=O)=O)nc2ccccc12. The molecule has 0 spiro atoms. The van der Waals surface area contributed by atoms with Gasteiger partial charge in [0.25, 0.3) is 0 Å². The molecule has 3 rings (SSSR count). The quantitative estimate of drug-likeness (QED) is 0.851. The van der Waals surface area contributed by atoms with Crippen molar-refractivity contribution in [3.63, 3.8) is 0 Å². The van der Waals surface area contributed by atoms with Crippen molar-refractivity contribution in [1.82, 2.24) is 14.9 Å². The topological polar surface area (TPSA) is 63.2 Å². The number of fused-ring (bicyclic) bond motifs is 1. The van der Waals surface area contributed by atoms with Gasteiger partial charge in [-0.25, -0.2) is 18.4 Å². The van der Waals surface area contributed by atoms with Gasteiger partial charge in [0, 0.05) is 23.4 Å². The van der Waals surface area contributed by atoms with Crippen molar-refractivity contribution in [2.75, 3.05) is 13.3 Å². The van der Waals surface area contributed by atoms with Crippen LogP contribution in [-0.4, -0.2) is 47.9 Å². The van der Waals surface area contributed by atoms with Gasteiger partial charge in [-0.05, 0) is 32.9 Å². The molecule has 1 heterocycles. The lowest BCUT2D eigenvalue weighted by Crippen LogP contribution is -2.46. The smallest absolute Gasteiger partial charge is 0.151 e. The molecule has 1 aliphatic rings. The lowest BCUT2D eigenvalue weighted by atomic mass is 9.94. The highest BCUT2D eigenvalue weighted by Crippen LogP contribution is 2.28. The Balaban J connectivity index is 1.84. The number of aryl methyl sites for hydroxylation is 1. The molecule has 0 radical (unpaired) electrons. The van der Waals surface area contributed by atoms with E-state index in [0.717, 1.165) is 48.1 Å². The Bertz CT molecular complexity index is 835. The van der Waals surface area contributed by atoms with Crippen LogP contribution in [0.1, 0.15) is 37.2 Å². The Hall–Kier alpha value is -1.53. The van der Waals surface area contributed by atoms with E-state index in [0.29, 0.717) is 6.54 Å². The van der Waals surface area contributed by atoms with E-state index >= 15 is 0 Å². The van der Waals surface area contributed by atoms with Crippen LogP contribution in [0, 0.1) is 6.92 Å². The van der Waals surface area contributed by atoms with Gasteiger partial charge in [0.05, 0.1) is 17.3 Å². The number of hydrogen-bond acceptors (Lipinski definition) is 5. The minimum absolute atomic E-state index is 0.0455. The van der Waals surface area contributed by atoms with Crippen molar-refractivity contribution in [3.05, 3.63) is 35.8 Å². The first-order chi connectivity index (χ1) is 11.4. The van der Waals surface area contributed by atoms with Crippen molar-refractivity contribution in [3.8, 4) is 0 Å². The van der Waals surface area contributed by atoms with E-state index in [4.69, 9.17) is 0 Å². The fraction of sp³-hybridized carbons (Fsp3) is 0.556. The molecule has 0 aliphatic heterocycles. The molecule has 1 aliphatic carbocycles. The van der Waals surface area contributed by atoms with Crippen LogP contribution in [0.3, 0.4) is 0 Å². The molecule has 0 unspecified atom stereocenters. The van der Waals surface area contributed by atoms with E-state index in [1.165, 1.54) is 6.26 Å². The van der Waals surface area contributed by atoms with Gasteiger partial charge in [-0.2, -0.15) is 0 Å². The van der Waals surface area contributed by atoms with E-state index in [-0.39, 0.29) is 11.3 Å². The number of benzene rings is 1. The van der Waals surface area contributed by atoms with E-state index in [1.54, 1.807) is 0 Å². The molecule has 2 atom stereocenters. The van der Waals surface area contributed by atoms with Crippen molar-refractivity contribution in [1.29, 1.82) is 0 Å². The third-order valence-corrected chi connectivity index (χ3v) is 6.66. The van der Waals surface area contributed by atoms with Crippen molar-refractivity contribution < 1.29 is 8.42 Å². The van der Waals surface area contributed by atoms with Gasteiger partial charge < -0.3 is 0 Å². The maximum Gasteiger partial charge on any atom is 0.151 e. The number of para-hydroxylation sites is 1. The van der Waals surface area contributed by atoms with Crippen molar-refractivity contribution >= 4 is 20.7 Å².